The van der Waals surface area contributed by atoms with Crippen molar-refractivity contribution in [2.75, 3.05) is 0 Å². The van der Waals surface area contributed by atoms with Gasteiger partial charge in [-0.25, -0.2) is 4.98 Å². The molecule has 2 aliphatic heterocycles. The van der Waals surface area contributed by atoms with E-state index in [1.165, 1.54) is 70.3 Å². The van der Waals surface area contributed by atoms with Gasteiger partial charge in [-0.15, -0.1) is 0 Å². The predicted octanol–water partition coefficient (Wildman–Crippen LogP) is 5.23. The number of carboxylic acid groups (broad SMARTS) is 1. The molecule has 4 heterocycles. The molecule has 4 fully saturated rings. The van der Waals surface area contributed by atoms with E-state index in [4.69, 9.17) is 4.98 Å². The predicted molar refractivity (Wildman–Crippen MR) is 158 cm³/mol. The first-order valence-electron chi connectivity index (χ1n) is 15.7. The third-order valence-corrected chi connectivity index (χ3v) is 10.5. The Morgan fingerprint density at radius 3 is 2.20 bits per heavy atom. The number of para-hydroxylation sites is 2. The topological polar surface area (TPSA) is 97.4 Å². The van der Waals surface area contributed by atoms with Crippen LogP contribution < -0.4 is 11.1 Å². The lowest BCUT2D eigenvalue weighted by molar-refractivity contribution is -0.137. The summed E-state index contributed by atoms with van der Waals surface area (Å²) in [6, 6.07) is 13.9. The molecule has 216 valence electrons. The number of aromatic nitrogens is 3. The zero-order valence-corrected chi connectivity index (χ0v) is 23.7. The van der Waals surface area contributed by atoms with Crippen LogP contribution in [0, 0.1) is 11.8 Å². The number of fused-ring (bicyclic) bond motifs is 5. The number of aliphatic carboxylic acids is 1. The Balaban J connectivity index is 1.28. The summed E-state index contributed by atoms with van der Waals surface area (Å²) >= 11 is 0. The molecule has 0 spiro atoms. The van der Waals surface area contributed by atoms with Gasteiger partial charge in [0.15, 0.2) is 5.69 Å². The summed E-state index contributed by atoms with van der Waals surface area (Å²) in [5.74, 6) is 0.620. The van der Waals surface area contributed by atoms with Gasteiger partial charge in [-0.1, -0.05) is 50.3 Å². The van der Waals surface area contributed by atoms with Crippen LogP contribution in [0.4, 0.5) is 0 Å². The maximum absolute atomic E-state index is 14.3. The van der Waals surface area contributed by atoms with Crippen LogP contribution in [0.15, 0.2) is 52.1 Å². The number of benzene rings is 1. The first-order valence-corrected chi connectivity index (χ1v) is 15.7. The number of hydrogen-bond acceptors (Lipinski definition) is 5. The Morgan fingerprint density at radius 1 is 0.780 bits per heavy atom. The highest BCUT2D eigenvalue weighted by molar-refractivity contribution is 5.78. The second-order valence-electron chi connectivity index (χ2n) is 13.0. The maximum Gasteiger partial charge on any atom is 0.323 e. The Bertz CT molecular complexity index is 1550. The summed E-state index contributed by atoms with van der Waals surface area (Å²) in [7, 11) is 0. The molecule has 7 rings (SSSR count). The number of carbonyl (C=O) groups is 1. The summed E-state index contributed by atoms with van der Waals surface area (Å²) in [6.45, 7) is -0.519. The molecule has 2 aliphatic carbocycles. The second-order valence-corrected chi connectivity index (χ2v) is 13.0. The number of nitrogens with zero attached hydrogens (tertiary/aromatic N) is 4. The van der Waals surface area contributed by atoms with Crippen molar-refractivity contribution in [2.24, 2.45) is 11.8 Å². The maximum atomic E-state index is 14.3. The molecule has 1 aromatic carbocycles. The molecular weight excluding hydrogens is 516 g/mol. The van der Waals surface area contributed by atoms with Crippen LogP contribution in [-0.4, -0.2) is 48.2 Å². The number of pyridine rings is 1. The Hall–Kier alpha value is -3.26. The lowest BCUT2D eigenvalue weighted by atomic mass is 9.73. The summed E-state index contributed by atoms with van der Waals surface area (Å²) < 4.78 is 3.08. The van der Waals surface area contributed by atoms with Gasteiger partial charge in [-0.3, -0.25) is 23.9 Å². The van der Waals surface area contributed by atoms with E-state index in [0.717, 1.165) is 34.8 Å². The minimum absolute atomic E-state index is 0.0370. The van der Waals surface area contributed by atoms with Crippen molar-refractivity contribution in [3.05, 3.63) is 63.2 Å². The first-order chi connectivity index (χ1) is 20.0. The van der Waals surface area contributed by atoms with Gasteiger partial charge in [0, 0.05) is 30.2 Å². The van der Waals surface area contributed by atoms with Gasteiger partial charge in [0.2, 0.25) is 0 Å². The lowest BCUT2D eigenvalue weighted by Gasteiger charge is -2.54. The van der Waals surface area contributed by atoms with Crippen molar-refractivity contribution in [3.63, 3.8) is 0 Å². The minimum atomic E-state index is -1.14. The molecule has 3 aromatic rings. The highest BCUT2D eigenvalue weighted by atomic mass is 16.4. The molecule has 41 heavy (non-hydrogen) atoms. The molecule has 0 radical (unpaired) electrons. The van der Waals surface area contributed by atoms with Gasteiger partial charge in [-0.05, 0) is 75.0 Å². The lowest BCUT2D eigenvalue weighted by Crippen LogP contribution is -2.58. The minimum Gasteiger partial charge on any atom is -0.480 e. The van der Waals surface area contributed by atoms with E-state index in [0.29, 0.717) is 23.6 Å². The molecule has 0 amide bonds. The summed E-state index contributed by atoms with van der Waals surface area (Å²) in [5, 5.41) is 9.49. The summed E-state index contributed by atoms with van der Waals surface area (Å²) in [4.78, 5) is 46.2. The number of carboxylic acids is 1. The van der Waals surface area contributed by atoms with Crippen molar-refractivity contribution < 1.29 is 9.90 Å². The van der Waals surface area contributed by atoms with E-state index in [-0.39, 0.29) is 23.0 Å². The molecule has 2 saturated heterocycles. The van der Waals surface area contributed by atoms with E-state index in [1.54, 1.807) is 12.1 Å². The van der Waals surface area contributed by atoms with Gasteiger partial charge in [0.05, 0.1) is 16.7 Å². The number of rotatable bonds is 5. The van der Waals surface area contributed by atoms with Crippen molar-refractivity contribution in [2.45, 2.75) is 108 Å². The van der Waals surface area contributed by atoms with Crippen LogP contribution in [0.25, 0.3) is 22.4 Å². The largest absolute Gasteiger partial charge is 0.480 e. The van der Waals surface area contributed by atoms with Crippen LogP contribution in [0.5, 0.6) is 0 Å². The van der Waals surface area contributed by atoms with Gasteiger partial charge in [0.1, 0.15) is 6.54 Å². The van der Waals surface area contributed by atoms with E-state index in [9.17, 15) is 19.5 Å². The Morgan fingerprint density at radius 2 is 1.49 bits per heavy atom. The molecule has 4 aliphatic rings. The van der Waals surface area contributed by atoms with Crippen molar-refractivity contribution >= 4 is 17.0 Å². The quantitative estimate of drug-likeness (QED) is 0.462. The van der Waals surface area contributed by atoms with Crippen LogP contribution in [-0.2, 0) is 11.3 Å². The second kappa shape index (κ2) is 10.9. The van der Waals surface area contributed by atoms with Crippen molar-refractivity contribution in [1.29, 1.82) is 0 Å². The molecule has 8 heteroatoms. The SMILES string of the molecule is O=C(O)Cn1c(-c2nc3ccccc3n(C3C[C@H]4CCC[C@@H](C3)N4C3C[C@H]4CCCC[C@@H](C3)C4)c2=O)cccc1=O. The molecule has 6 atom stereocenters. The van der Waals surface area contributed by atoms with Gasteiger partial charge in [-0.2, -0.15) is 0 Å². The highest BCUT2D eigenvalue weighted by Crippen LogP contribution is 2.47. The van der Waals surface area contributed by atoms with Crippen LogP contribution >= 0.6 is 0 Å². The molecule has 2 aromatic heterocycles. The highest BCUT2D eigenvalue weighted by Gasteiger charge is 2.45. The van der Waals surface area contributed by atoms with E-state index >= 15 is 0 Å². The van der Waals surface area contributed by atoms with E-state index in [1.807, 2.05) is 28.8 Å². The van der Waals surface area contributed by atoms with Crippen LogP contribution in [0.1, 0.15) is 83.1 Å². The monoisotopic (exact) mass is 556 g/mol. The molecule has 1 N–H and O–H groups in total. The number of piperidine rings is 2. The van der Waals surface area contributed by atoms with E-state index < -0.39 is 18.1 Å². The third kappa shape index (κ3) is 4.94. The summed E-state index contributed by atoms with van der Waals surface area (Å²) in [5.41, 5.74) is 1.20. The van der Waals surface area contributed by atoms with Gasteiger partial charge < -0.3 is 9.67 Å². The molecule has 2 unspecified atom stereocenters. The van der Waals surface area contributed by atoms with Crippen molar-refractivity contribution in [1.82, 2.24) is 19.0 Å². The molecule has 4 bridgehead atoms. The van der Waals surface area contributed by atoms with E-state index in [2.05, 4.69) is 4.90 Å². The average molecular weight is 557 g/mol. The standard InChI is InChI=1S/C33H40N4O4/c38-30-14-6-13-29(35(30)20-31(39)40)32-33(41)37(28-12-4-3-11-27(28)34-32)26-18-23-9-5-10-24(19-26)36(23)25-16-21-7-1-2-8-22(15-21)17-25/h3-4,6,11-14,21-26H,1-2,5,7-10,15-20H2,(H,39,40)/t21-,22+,23-,24+,25?,26?. The van der Waals surface area contributed by atoms with Crippen LogP contribution in [0.2, 0.25) is 0 Å². The Kier molecular flexibility index (Phi) is 7.05. The van der Waals surface area contributed by atoms with Gasteiger partial charge in [0.25, 0.3) is 11.1 Å². The first kappa shape index (κ1) is 26.6. The van der Waals surface area contributed by atoms with Crippen LogP contribution in [0.3, 0.4) is 0 Å². The normalized spacial score (nSPS) is 30.1. The average Bonchev–Trinajstić information content (AvgIpc) is 3.12. The zero-order valence-electron chi connectivity index (χ0n) is 23.7. The van der Waals surface area contributed by atoms with Gasteiger partial charge >= 0.3 is 5.97 Å². The fourth-order valence-corrected chi connectivity index (χ4v) is 9.02. The fourth-order valence-electron chi connectivity index (χ4n) is 9.02. The zero-order chi connectivity index (χ0) is 28.1. The number of hydrogen-bond donors (Lipinski definition) is 1. The van der Waals surface area contributed by atoms with Crippen molar-refractivity contribution in [3.8, 4) is 11.4 Å². The molecule has 8 nitrogen and oxygen atoms in total. The molecule has 2 saturated carbocycles. The Labute approximate surface area is 240 Å². The molecular formula is C33H40N4O4. The third-order valence-electron chi connectivity index (χ3n) is 10.5. The summed E-state index contributed by atoms with van der Waals surface area (Å²) in [6.07, 6.45) is 15.2. The fraction of sp³-hybridized carbons (Fsp3) is 0.576. The smallest absolute Gasteiger partial charge is 0.323 e.